The minimum absolute atomic E-state index is 0.283. The van der Waals surface area contributed by atoms with Gasteiger partial charge in [0, 0.05) is 4.88 Å². The van der Waals surface area contributed by atoms with Crippen LogP contribution in [0.1, 0.15) is 30.2 Å². The summed E-state index contributed by atoms with van der Waals surface area (Å²) in [6.07, 6.45) is 1.20. The van der Waals surface area contributed by atoms with Crippen molar-refractivity contribution in [3.8, 4) is 0 Å². The second kappa shape index (κ2) is 7.70. The van der Waals surface area contributed by atoms with Crippen LogP contribution in [0.4, 0.5) is 4.79 Å². The molecule has 6 nitrogen and oxygen atoms in total. The van der Waals surface area contributed by atoms with Gasteiger partial charge < -0.3 is 10.6 Å². The number of rotatable bonds is 7. The molecular formula is C19H21N3O3S. The van der Waals surface area contributed by atoms with Crippen molar-refractivity contribution >= 4 is 29.2 Å². The highest BCUT2D eigenvalue weighted by molar-refractivity contribution is 7.09. The lowest BCUT2D eigenvalue weighted by Crippen LogP contribution is -2.45. The minimum atomic E-state index is -1.10. The van der Waals surface area contributed by atoms with Gasteiger partial charge in [0.05, 0.1) is 6.54 Å². The lowest BCUT2D eigenvalue weighted by Gasteiger charge is -2.26. The Labute approximate surface area is 156 Å². The van der Waals surface area contributed by atoms with Crippen molar-refractivity contribution in [2.45, 2.75) is 31.8 Å². The van der Waals surface area contributed by atoms with Gasteiger partial charge in [-0.25, -0.2) is 4.79 Å². The van der Waals surface area contributed by atoms with E-state index in [1.54, 1.807) is 0 Å². The maximum Gasteiger partial charge on any atom is 0.325 e. The minimum Gasteiger partial charge on any atom is -0.350 e. The summed E-state index contributed by atoms with van der Waals surface area (Å²) >= 11 is 1.54. The molecule has 7 heteroatoms. The molecule has 0 unspecified atom stereocenters. The zero-order chi connectivity index (χ0) is 18.6. The number of nitrogens with zero attached hydrogens (tertiary/aromatic N) is 1. The highest BCUT2D eigenvalue weighted by atomic mass is 32.1. The number of imide groups is 1. The highest BCUT2D eigenvalue weighted by Crippen LogP contribution is 2.33. The summed E-state index contributed by atoms with van der Waals surface area (Å²) in [5, 5.41) is 7.50. The average Bonchev–Trinajstić information content (AvgIpc) is 3.24. The fourth-order valence-electron chi connectivity index (χ4n) is 3.18. The average molecular weight is 371 g/mol. The fraction of sp³-hybridized carbons (Fsp3) is 0.316. The molecule has 3 rings (SSSR count). The molecule has 1 aliphatic heterocycles. The quantitative estimate of drug-likeness (QED) is 0.735. The molecule has 1 aromatic carbocycles. The van der Waals surface area contributed by atoms with Gasteiger partial charge in [-0.2, -0.15) is 0 Å². The maximum absolute atomic E-state index is 13.1. The molecule has 1 aliphatic rings. The van der Waals surface area contributed by atoms with E-state index >= 15 is 0 Å². The lowest BCUT2D eigenvalue weighted by atomic mass is 9.85. The zero-order valence-corrected chi connectivity index (χ0v) is 15.3. The predicted molar refractivity (Wildman–Crippen MR) is 99.4 cm³/mol. The van der Waals surface area contributed by atoms with Gasteiger partial charge in [-0.05, 0) is 23.4 Å². The zero-order valence-electron chi connectivity index (χ0n) is 14.5. The second-order valence-corrected chi connectivity index (χ2v) is 7.23. The van der Waals surface area contributed by atoms with Gasteiger partial charge in [0.15, 0.2) is 0 Å². The van der Waals surface area contributed by atoms with Crippen molar-refractivity contribution in [3.05, 3.63) is 58.3 Å². The first-order valence-electron chi connectivity index (χ1n) is 8.55. The van der Waals surface area contributed by atoms with Crippen LogP contribution in [0.2, 0.25) is 0 Å². The van der Waals surface area contributed by atoms with Crippen LogP contribution in [0, 0.1) is 0 Å². The normalized spacial score (nSPS) is 19.5. The van der Waals surface area contributed by atoms with E-state index in [2.05, 4.69) is 10.6 Å². The molecule has 0 saturated carbocycles. The third kappa shape index (κ3) is 3.48. The lowest BCUT2D eigenvalue weighted by molar-refractivity contribution is -0.135. The Kier molecular flexibility index (Phi) is 5.37. The topological polar surface area (TPSA) is 78.5 Å². The Morgan fingerprint density at radius 3 is 2.62 bits per heavy atom. The van der Waals surface area contributed by atoms with Crippen LogP contribution in [0.5, 0.6) is 0 Å². The number of carbonyl (C=O) groups excluding carboxylic acids is 3. The number of carbonyl (C=O) groups is 3. The third-order valence-corrected chi connectivity index (χ3v) is 5.29. The summed E-state index contributed by atoms with van der Waals surface area (Å²) in [7, 11) is 0. The van der Waals surface area contributed by atoms with Crippen LogP contribution in [0.3, 0.4) is 0 Å². The van der Waals surface area contributed by atoms with Crippen molar-refractivity contribution in [2.24, 2.45) is 0 Å². The number of thiophene rings is 1. The standard InChI is InChI=1S/C19H21N3O3S/c1-2-10-19(14-7-4-3-5-8-14)17(24)22(18(25)21-19)13-16(23)20-12-15-9-6-11-26-15/h3-9,11H,2,10,12-13H2,1H3,(H,20,23)(H,21,25)/t19-/m1/s1. The first kappa shape index (κ1) is 18.1. The van der Waals surface area contributed by atoms with Gasteiger partial charge in [-0.15, -0.1) is 11.3 Å². The molecule has 0 bridgehead atoms. The monoisotopic (exact) mass is 371 g/mol. The predicted octanol–water partition coefficient (Wildman–Crippen LogP) is 2.61. The molecule has 0 spiro atoms. The number of nitrogens with one attached hydrogen (secondary N) is 2. The summed E-state index contributed by atoms with van der Waals surface area (Å²) in [5.74, 6) is -0.732. The van der Waals surface area contributed by atoms with Crippen LogP contribution >= 0.6 is 11.3 Å². The molecule has 1 saturated heterocycles. The first-order valence-corrected chi connectivity index (χ1v) is 9.43. The molecule has 1 atom stereocenters. The number of benzene rings is 1. The number of hydrogen-bond donors (Lipinski definition) is 2. The molecule has 2 heterocycles. The van der Waals surface area contributed by atoms with E-state index < -0.39 is 11.6 Å². The Morgan fingerprint density at radius 2 is 1.96 bits per heavy atom. The van der Waals surface area contributed by atoms with Gasteiger partial charge in [-0.1, -0.05) is 49.7 Å². The molecule has 4 amide bonds. The Hall–Kier alpha value is -2.67. The van der Waals surface area contributed by atoms with Crippen LogP contribution in [0.25, 0.3) is 0 Å². The van der Waals surface area contributed by atoms with E-state index in [9.17, 15) is 14.4 Å². The van der Waals surface area contributed by atoms with Gasteiger partial charge in [0.1, 0.15) is 12.1 Å². The van der Waals surface area contributed by atoms with Crippen molar-refractivity contribution < 1.29 is 14.4 Å². The fourth-order valence-corrected chi connectivity index (χ4v) is 3.82. The Bertz CT molecular complexity index is 792. The maximum atomic E-state index is 13.1. The largest absolute Gasteiger partial charge is 0.350 e. The summed E-state index contributed by atoms with van der Waals surface area (Å²) in [6.45, 7) is 2.06. The van der Waals surface area contributed by atoms with E-state index in [4.69, 9.17) is 0 Å². The van der Waals surface area contributed by atoms with Gasteiger partial charge >= 0.3 is 6.03 Å². The molecule has 1 aromatic heterocycles. The van der Waals surface area contributed by atoms with Gasteiger partial charge in [-0.3, -0.25) is 14.5 Å². The molecular weight excluding hydrogens is 350 g/mol. The number of hydrogen-bond acceptors (Lipinski definition) is 4. The summed E-state index contributed by atoms with van der Waals surface area (Å²) in [6, 6.07) is 12.5. The first-order chi connectivity index (χ1) is 12.6. The summed E-state index contributed by atoms with van der Waals surface area (Å²) < 4.78 is 0. The van der Waals surface area contributed by atoms with Crippen LogP contribution in [-0.4, -0.2) is 29.3 Å². The second-order valence-electron chi connectivity index (χ2n) is 6.20. The van der Waals surface area contributed by atoms with E-state index in [1.807, 2.05) is 54.8 Å². The van der Waals surface area contributed by atoms with E-state index in [0.717, 1.165) is 21.8 Å². The summed E-state index contributed by atoms with van der Waals surface area (Å²) in [5.41, 5.74) is -0.358. The smallest absolute Gasteiger partial charge is 0.325 e. The molecule has 0 aliphatic carbocycles. The third-order valence-electron chi connectivity index (χ3n) is 4.41. The van der Waals surface area contributed by atoms with Crippen molar-refractivity contribution in [1.29, 1.82) is 0 Å². The molecule has 0 radical (unpaired) electrons. The number of urea groups is 1. The van der Waals surface area contributed by atoms with Crippen LogP contribution in [-0.2, 0) is 21.7 Å². The molecule has 1 fully saturated rings. The summed E-state index contributed by atoms with van der Waals surface area (Å²) in [4.78, 5) is 39.7. The highest BCUT2D eigenvalue weighted by Gasteiger charge is 2.52. The van der Waals surface area contributed by atoms with Crippen molar-refractivity contribution in [1.82, 2.24) is 15.5 Å². The van der Waals surface area contributed by atoms with Gasteiger partial charge in [0.25, 0.3) is 5.91 Å². The van der Waals surface area contributed by atoms with E-state index in [-0.39, 0.29) is 18.4 Å². The van der Waals surface area contributed by atoms with Crippen LogP contribution in [0.15, 0.2) is 47.8 Å². The van der Waals surface area contributed by atoms with Crippen LogP contribution < -0.4 is 10.6 Å². The molecule has 2 aromatic rings. The van der Waals surface area contributed by atoms with E-state index in [1.165, 1.54) is 11.3 Å². The van der Waals surface area contributed by atoms with Crippen molar-refractivity contribution in [3.63, 3.8) is 0 Å². The van der Waals surface area contributed by atoms with Crippen molar-refractivity contribution in [2.75, 3.05) is 6.54 Å². The SMILES string of the molecule is CCC[C@]1(c2ccccc2)NC(=O)N(CC(=O)NCc2cccs2)C1=O. The van der Waals surface area contributed by atoms with Gasteiger partial charge in [0.2, 0.25) is 5.91 Å². The molecule has 26 heavy (non-hydrogen) atoms. The molecule has 2 N–H and O–H groups in total. The number of amides is 4. The Morgan fingerprint density at radius 1 is 1.19 bits per heavy atom. The van der Waals surface area contributed by atoms with E-state index in [0.29, 0.717) is 13.0 Å². The molecule has 136 valence electrons. The Balaban J connectivity index is 1.73.